The number of rotatable bonds is 4. The van der Waals surface area contributed by atoms with E-state index in [0.29, 0.717) is 4.88 Å². The highest BCUT2D eigenvalue weighted by atomic mass is 32.1. The molecule has 0 saturated heterocycles. The molecular formula is C20H19NO3S. The van der Waals surface area contributed by atoms with E-state index in [9.17, 15) is 9.59 Å². The fourth-order valence-corrected chi connectivity index (χ4v) is 3.79. The van der Waals surface area contributed by atoms with E-state index in [4.69, 9.17) is 4.74 Å². The number of thiophene rings is 1. The summed E-state index contributed by atoms with van der Waals surface area (Å²) in [5.74, 6) is -0.821. The number of esters is 1. The van der Waals surface area contributed by atoms with Crippen molar-refractivity contribution in [2.24, 2.45) is 0 Å². The first kappa shape index (κ1) is 17.2. The van der Waals surface area contributed by atoms with Crippen molar-refractivity contribution in [1.82, 2.24) is 0 Å². The third kappa shape index (κ3) is 3.88. The number of nitrogens with one attached hydrogen (secondary N) is 1. The van der Waals surface area contributed by atoms with Crippen molar-refractivity contribution in [2.45, 2.75) is 20.8 Å². The molecule has 1 aromatic heterocycles. The first-order chi connectivity index (χ1) is 11.9. The van der Waals surface area contributed by atoms with Crippen LogP contribution in [0.1, 0.15) is 26.4 Å². The summed E-state index contributed by atoms with van der Waals surface area (Å²) in [4.78, 5) is 24.8. The highest BCUT2D eigenvalue weighted by Crippen LogP contribution is 2.26. The van der Waals surface area contributed by atoms with Gasteiger partial charge < -0.3 is 10.1 Å². The summed E-state index contributed by atoms with van der Waals surface area (Å²) < 4.78 is 6.17. The van der Waals surface area contributed by atoms with Gasteiger partial charge in [-0.05, 0) is 49.4 Å². The zero-order valence-electron chi connectivity index (χ0n) is 14.4. The van der Waals surface area contributed by atoms with Crippen molar-refractivity contribution in [1.29, 1.82) is 0 Å². The van der Waals surface area contributed by atoms with E-state index in [1.807, 2.05) is 57.2 Å². The molecule has 5 heteroatoms. The second-order valence-electron chi connectivity index (χ2n) is 6.05. The van der Waals surface area contributed by atoms with E-state index in [1.54, 1.807) is 6.07 Å². The number of amides is 1. The maximum absolute atomic E-state index is 12.2. The minimum Gasteiger partial charge on any atom is -0.451 e. The van der Waals surface area contributed by atoms with Crippen LogP contribution >= 0.6 is 11.3 Å². The molecule has 0 bridgehead atoms. The smallest absolute Gasteiger partial charge is 0.348 e. The third-order valence-electron chi connectivity index (χ3n) is 3.90. The van der Waals surface area contributed by atoms with Crippen molar-refractivity contribution in [3.8, 4) is 0 Å². The first-order valence-electron chi connectivity index (χ1n) is 7.97. The molecule has 0 fully saturated rings. The summed E-state index contributed by atoms with van der Waals surface area (Å²) in [6, 6.07) is 13.5. The molecule has 128 valence electrons. The molecule has 1 heterocycles. The molecule has 0 unspecified atom stereocenters. The lowest BCUT2D eigenvalue weighted by Gasteiger charge is -2.12. The van der Waals surface area contributed by atoms with Crippen molar-refractivity contribution in [3.63, 3.8) is 0 Å². The van der Waals surface area contributed by atoms with Crippen molar-refractivity contribution >= 4 is 39.0 Å². The predicted molar refractivity (Wildman–Crippen MR) is 101 cm³/mol. The molecular weight excluding hydrogens is 334 g/mol. The normalized spacial score (nSPS) is 10.7. The Kier molecular flexibility index (Phi) is 4.86. The quantitative estimate of drug-likeness (QED) is 0.696. The van der Waals surface area contributed by atoms with Crippen LogP contribution in [0.3, 0.4) is 0 Å². The van der Waals surface area contributed by atoms with E-state index < -0.39 is 5.97 Å². The van der Waals surface area contributed by atoms with E-state index in [2.05, 4.69) is 5.32 Å². The molecule has 0 aliphatic heterocycles. The summed E-state index contributed by atoms with van der Waals surface area (Å²) in [6.07, 6.45) is 0. The Morgan fingerprint density at radius 2 is 1.72 bits per heavy atom. The van der Waals surface area contributed by atoms with Crippen LogP contribution in [0.25, 0.3) is 10.1 Å². The van der Waals surface area contributed by atoms with E-state index in [-0.39, 0.29) is 12.5 Å². The van der Waals surface area contributed by atoms with Crippen LogP contribution < -0.4 is 5.32 Å². The number of hydrogen-bond donors (Lipinski definition) is 1. The van der Waals surface area contributed by atoms with Crippen LogP contribution in [0.2, 0.25) is 0 Å². The Hall–Kier alpha value is -2.66. The lowest BCUT2D eigenvalue weighted by molar-refractivity contribution is -0.119. The topological polar surface area (TPSA) is 55.4 Å². The minimum atomic E-state index is -0.478. The lowest BCUT2D eigenvalue weighted by Crippen LogP contribution is -2.21. The molecule has 0 aliphatic carbocycles. The Bertz CT molecular complexity index is 902. The molecule has 0 atom stereocenters. The molecule has 2 aromatic carbocycles. The monoisotopic (exact) mass is 353 g/mol. The first-order valence-corrected chi connectivity index (χ1v) is 8.79. The molecule has 25 heavy (non-hydrogen) atoms. The van der Waals surface area contributed by atoms with Crippen molar-refractivity contribution in [2.75, 3.05) is 11.9 Å². The SMILES string of the molecule is Cc1cc(C)c(NC(=O)COC(=O)c2cc3ccccc3s2)c(C)c1. The van der Waals surface area contributed by atoms with Crippen molar-refractivity contribution < 1.29 is 14.3 Å². The zero-order chi connectivity index (χ0) is 18.0. The average Bonchev–Trinajstić information content (AvgIpc) is 3.00. The van der Waals surface area contributed by atoms with Crippen LogP contribution in [0.5, 0.6) is 0 Å². The Labute approximate surface area is 150 Å². The number of carbonyl (C=O) groups is 2. The van der Waals surface area contributed by atoms with Crippen LogP contribution in [-0.4, -0.2) is 18.5 Å². The van der Waals surface area contributed by atoms with E-state index in [0.717, 1.165) is 32.5 Å². The van der Waals surface area contributed by atoms with Gasteiger partial charge in [-0.2, -0.15) is 0 Å². The number of carbonyl (C=O) groups excluding carboxylic acids is 2. The molecule has 0 radical (unpaired) electrons. The van der Waals surface area contributed by atoms with Crippen molar-refractivity contribution in [3.05, 3.63) is 64.0 Å². The fourth-order valence-electron chi connectivity index (χ4n) is 2.84. The van der Waals surface area contributed by atoms with Crippen LogP contribution in [0.15, 0.2) is 42.5 Å². The minimum absolute atomic E-state index is 0.306. The summed E-state index contributed by atoms with van der Waals surface area (Å²) >= 11 is 1.36. The number of hydrogen-bond acceptors (Lipinski definition) is 4. The van der Waals surface area contributed by atoms with Crippen LogP contribution in [0.4, 0.5) is 5.69 Å². The maximum atomic E-state index is 12.2. The van der Waals surface area contributed by atoms with Crippen LogP contribution in [0, 0.1) is 20.8 Å². The third-order valence-corrected chi connectivity index (χ3v) is 5.00. The van der Waals surface area contributed by atoms with E-state index in [1.165, 1.54) is 11.3 Å². The summed E-state index contributed by atoms with van der Waals surface area (Å²) in [6.45, 7) is 5.59. The summed E-state index contributed by atoms with van der Waals surface area (Å²) in [7, 11) is 0. The Morgan fingerprint density at radius 1 is 1.04 bits per heavy atom. The predicted octanol–water partition coefficient (Wildman–Crippen LogP) is 4.62. The molecule has 1 amide bonds. The molecule has 4 nitrogen and oxygen atoms in total. The average molecular weight is 353 g/mol. The second-order valence-corrected chi connectivity index (χ2v) is 7.13. The van der Waals surface area contributed by atoms with Gasteiger partial charge in [-0.3, -0.25) is 4.79 Å². The highest BCUT2D eigenvalue weighted by molar-refractivity contribution is 7.20. The maximum Gasteiger partial charge on any atom is 0.348 e. The molecule has 1 N–H and O–H groups in total. The fraction of sp³-hybridized carbons (Fsp3) is 0.200. The Balaban J connectivity index is 1.63. The molecule has 3 rings (SSSR count). The van der Waals surface area contributed by atoms with Crippen LogP contribution in [-0.2, 0) is 9.53 Å². The second kappa shape index (κ2) is 7.07. The largest absolute Gasteiger partial charge is 0.451 e. The number of anilines is 1. The van der Waals surface area contributed by atoms with Gasteiger partial charge in [0.25, 0.3) is 5.91 Å². The van der Waals surface area contributed by atoms with Gasteiger partial charge in [-0.25, -0.2) is 4.79 Å². The van der Waals surface area contributed by atoms with Gasteiger partial charge in [-0.1, -0.05) is 35.9 Å². The van der Waals surface area contributed by atoms with Gasteiger partial charge in [0.2, 0.25) is 0 Å². The van der Waals surface area contributed by atoms with Gasteiger partial charge in [0.15, 0.2) is 6.61 Å². The van der Waals surface area contributed by atoms with Gasteiger partial charge in [0, 0.05) is 10.4 Å². The van der Waals surface area contributed by atoms with Gasteiger partial charge >= 0.3 is 5.97 Å². The lowest BCUT2D eigenvalue weighted by atomic mass is 10.1. The van der Waals surface area contributed by atoms with Gasteiger partial charge in [0.05, 0.1) is 0 Å². The number of ether oxygens (including phenoxy) is 1. The molecule has 0 aliphatic rings. The standard InChI is InChI=1S/C20H19NO3S/c1-12-8-13(2)19(14(3)9-12)21-18(22)11-24-20(23)17-10-15-6-4-5-7-16(15)25-17/h4-10H,11H2,1-3H3,(H,21,22). The zero-order valence-corrected chi connectivity index (χ0v) is 15.2. The van der Waals surface area contributed by atoms with Gasteiger partial charge in [-0.15, -0.1) is 11.3 Å². The highest BCUT2D eigenvalue weighted by Gasteiger charge is 2.14. The Morgan fingerprint density at radius 3 is 2.40 bits per heavy atom. The number of fused-ring (bicyclic) bond motifs is 1. The molecule has 3 aromatic rings. The summed E-state index contributed by atoms with van der Waals surface area (Å²) in [5.41, 5.74) is 3.89. The molecule has 0 spiro atoms. The van der Waals surface area contributed by atoms with Gasteiger partial charge in [0.1, 0.15) is 4.88 Å². The number of benzene rings is 2. The van der Waals surface area contributed by atoms with E-state index >= 15 is 0 Å². The number of aryl methyl sites for hydroxylation is 3. The molecule has 0 saturated carbocycles. The summed E-state index contributed by atoms with van der Waals surface area (Å²) in [5, 5.41) is 3.82.